The molecule has 2 amide bonds. The van der Waals surface area contributed by atoms with Crippen molar-refractivity contribution in [3.05, 3.63) is 54.1 Å². The number of nitrogens with one attached hydrogen (secondary N) is 1. The fourth-order valence-electron chi connectivity index (χ4n) is 3.36. The molecule has 0 radical (unpaired) electrons. The van der Waals surface area contributed by atoms with Crippen LogP contribution < -0.4 is 14.8 Å². The first-order valence-electron chi connectivity index (χ1n) is 10.2. The number of carbonyl (C=O) groups excluding carboxylic acids is 2. The lowest BCUT2D eigenvalue weighted by molar-refractivity contribution is -0.118. The summed E-state index contributed by atoms with van der Waals surface area (Å²) in [6, 6.07) is 14.0. The number of benzene rings is 2. The molecule has 0 aliphatic carbocycles. The lowest BCUT2D eigenvalue weighted by atomic mass is 10.2. The Morgan fingerprint density at radius 3 is 2.50 bits per heavy atom. The molecule has 2 aromatic carbocycles. The quantitative estimate of drug-likeness (QED) is 0.687. The average molecular weight is 412 g/mol. The van der Waals surface area contributed by atoms with Crippen molar-refractivity contribution in [2.24, 2.45) is 0 Å². The molecule has 3 rings (SSSR count). The van der Waals surface area contributed by atoms with Crippen molar-refractivity contribution in [3.8, 4) is 11.5 Å². The third-order valence-corrected chi connectivity index (χ3v) is 5.12. The highest BCUT2D eigenvalue weighted by Gasteiger charge is 2.15. The van der Waals surface area contributed by atoms with Gasteiger partial charge >= 0.3 is 0 Å². The molecule has 0 bridgehead atoms. The van der Waals surface area contributed by atoms with Crippen LogP contribution >= 0.6 is 0 Å². The number of likely N-dealkylation sites (tertiary alicyclic amines) is 1. The maximum atomic E-state index is 12.6. The fraction of sp³-hybridized carbons (Fsp3) is 0.391. The molecule has 1 saturated heterocycles. The van der Waals surface area contributed by atoms with Crippen molar-refractivity contribution in [3.63, 3.8) is 0 Å². The standard InChI is InChI=1S/C23H29N3O4/c1-25(14-15-26-12-3-4-13-26)23(28)18-8-10-20(11-9-18)30-17-22(27)24-19-6-5-7-21(16-19)29-2/h5-11,16H,3-4,12-15,17H2,1-2H3,(H,24,27). The molecule has 7 heteroatoms. The molecule has 0 unspecified atom stereocenters. The van der Waals surface area contributed by atoms with Gasteiger partial charge in [0.05, 0.1) is 7.11 Å². The number of hydrogen-bond donors (Lipinski definition) is 1. The summed E-state index contributed by atoms with van der Waals surface area (Å²) in [4.78, 5) is 28.8. The van der Waals surface area contributed by atoms with Crippen LogP contribution in [0.4, 0.5) is 5.69 Å². The molecular weight excluding hydrogens is 382 g/mol. The van der Waals surface area contributed by atoms with Gasteiger partial charge in [-0.25, -0.2) is 0 Å². The lowest BCUT2D eigenvalue weighted by Gasteiger charge is -2.21. The van der Waals surface area contributed by atoms with Gasteiger partial charge < -0.3 is 24.6 Å². The molecule has 0 saturated carbocycles. The number of ether oxygens (including phenoxy) is 2. The van der Waals surface area contributed by atoms with Gasteiger partial charge in [-0.1, -0.05) is 6.07 Å². The molecule has 7 nitrogen and oxygen atoms in total. The highest BCUT2D eigenvalue weighted by Crippen LogP contribution is 2.17. The van der Waals surface area contributed by atoms with E-state index in [2.05, 4.69) is 10.2 Å². The van der Waals surface area contributed by atoms with Gasteiger partial charge in [0.1, 0.15) is 11.5 Å². The van der Waals surface area contributed by atoms with Gasteiger partial charge in [0.15, 0.2) is 6.61 Å². The van der Waals surface area contributed by atoms with E-state index in [-0.39, 0.29) is 18.4 Å². The van der Waals surface area contributed by atoms with Crippen LogP contribution in [-0.2, 0) is 4.79 Å². The van der Waals surface area contributed by atoms with E-state index < -0.39 is 0 Å². The topological polar surface area (TPSA) is 71.1 Å². The van der Waals surface area contributed by atoms with Crippen LogP contribution in [0.2, 0.25) is 0 Å². The minimum Gasteiger partial charge on any atom is -0.497 e. The smallest absolute Gasteiger partial charge is 0.262 e. The first-order valence-corrected chi connectivity index (χ1v) is 10.2. The Morgan fingerprint density at radius 2 is 1.80 bits per heavy atom. The van der Waals surface area contributed by atoms with Crippen molar-refractivity contribution in [1.29, 1.82) is 0 Å². The number of rotatable bonds is 9. The predicted octanol–water partition coefficient (Wildman–Crippen LogP) is 2.88. The zero-order valence-electron chi connectivity index (χ0n) is 17.6. The van der Waals surface area contributed by atoms with Crippen molar-refractivity contribution < 1.29 is 19.1 Å². The maximum Gasteiger partial charge on any atom is 0.262 e. The highest BCUT2D eigenvalue weighted by atomic mass is 16.5. The number of anilines is 1. The van der Waals surface area contributed by atoms with Crippen LogP contribution in [0.3, 0.4) is 0 Å². The van der Waals surface area contributed by atoms with Gasteiger partial charge in [0, 0.05) is 37.5 Å². The van der Waals surface area contributed by atoms with E-state index in [4.69, 9.17) is 9.47 Å². The van der Waals surface area contributed by atoms with E-state index in [1.54, 1.807) is 60.5 Å². The largest absolute Gasteiger partial charge is 0.497 e. The van der Waals surface area contributed by atoms with Crippen molar-refractivity contribution >= 4 is 17.5 Å². The van der Waals surface area contributed by atoms with Crippen LogP contribution in [0.1, 0.15) is 23.2 Å². The molecule has 0 aromatic heterocycles. The molecule has 1 aliphatic heterocycles. The number of carbonyl (C=O) groups is 2. The Labute approximate surface area is 177 Å². The normalized spacial score (nSPS) is 13.7. The number of nitrogens with zero attached hydrogens (tertiary/aromatic N) is 2. The SMILES string of the molecule is COc1cccc(NC(=O)COc2ccc(C(=O)N(C)CCN3CCCC3)cc2)c1. The Balaban J connectivity index is 1.45. The van der Waals surface area contributed by atoms with E-state index in [1.165, 1.54) is 12.8 Å². The van der Waals surface area contributed by atoms with Gasteiger partial charge in [-0.2, -0.15) is 0 Å². The second-order valence-corrected chi connectivity index (χ2v) is 7.37. The fourth-order valence-corrected chi connectivity index (χ4v) is 3.36. The number of hydrogen-bond acceptors (Lipinski definition) is 5. The summed E-state index contributed by atoms with van der Waals surface area (Å²) in [6.07, 6.45) is 2.49. The molecule has 2 aromatic rings. The van der Waals surface area contributed by atoms with Crippen molar-refractivity contribution in [2.75, 3.05) is 52.3 Å². The third kappa shape index (κ3) is 6.22. The van der Waals surface area contributed by atoms with E-state index in [0.29, 0.717) is 29.3 Å². The summed E-state index contributed by atoms with van der Waals surface area (Å²) >= 11 is 0. The molecule has 0 spiro atoms. The first-order chi connectivity index (χ1) is 14.5. The summed E-state index contributed by atoms with van der Waals surface area (Å²) < 4.78 is 10.7. The molecule has 1 heterocycles. The lowest BCUT2D eigenvalue weighted by Crippen LogP contribution is -2.35. The minimum absolute atomic E-state index is 0.0171. The van der Waals surface area contributed by atoms with Gasteiger partial charge in [-0.15, -0.1) is 0 Å². The summed E-state index contributed by atoms with van der Waals surface area (Å²) in [5.74, 6) is 0.910. The number of amides is 2. The summed E-state index contributed by atoms with van der Waals surface area (Å²) in [6.45, 7) is 3.74. The predicted molar refractivity (Wildman–Crippen MR) is 116 cm³/mol. The van der Waals surface area contributed by atoms with Gasteiger partial charge in [0.2, 0.25) is 0 Å². The summed E-state index contributed by atoms with van der Waals surface area (Å²) in [5, 5.41) is 2.76. The highest BCUT2D eigenvalue weighted by molar-refractivity contribution is 5.94. The molecule has 1 fully saturated rings. The minimum atomic E-state index is -0.273. The van der Waals surface area contributed by atoms with E-state index in [9.17, 15) is 9.59 Å². The van der Waals surface area contributed by atoms with Gasteiger partial charge in [-0.05, 0) is 62.3 Å². The Kier molecular flexibility index (Phi) is 7.68. The maximum absolute atomic E-state index is 12.6. The molecule has 1 N–H and O–H groups in total. The second-order valence-electron chi connectivity index (χ2n) is 7.37. The van der Waals surface area contributed by atoms with Crippen molar-refractivity contribution in [1.82, 2.24) is 9.80 Å². The van der Waals surface area contributed by atoms with Crippen molar-refractivity contribution in [2.45, 2.75) is 12.8 Å². The monoisotopic (exact) mass is 411 g/mol. The summed E-state index contributed by atoms with van der Waals surface area (Å²) in [5.41, 5.74) is 1.24. The van der Waals surface area contributed by atoms with Gasteiger partial charge in [0.25, 0.3) is 11.8 Å². The van der Waals surface area contributed by atoms with Crippen LogP contribution in [0.15, 0.2) is 48.5 Å². The molecule has 1 aliphatic rings. The zero-order chi connectivity index (χ0) is 21.3. The Morgan fingerprint density at radius 1 is 1.07 bits per heavy atom. The Hall–Kier alpha value is -3.06. The van der Waals surface area contributed by atoms with E-state index in [1.807, 2.05) is 7.05 Å². The zero-order valence-corrected chi connectivity index (χ0v) is 17.6. The van der Waals surface area contributed by atoms with Crippen LogP contribution in [0.25, 0.3) is 0 Å². The van der Waals surface area contributed by atoms with Crippen LogP contribution in [0, 0.1) is 0 Å². The van der Waals surface area contributed by atoms with Crippen LogP contribution in [-0.4, -0.2) is 68.6 Å². The van der Waals surface area contributed by atoms with Crippen LogP contribution in [0.5, 0.6) is 11.5 Å². The number of likely N-dealkylation sites (N-methyl/N-ethyl adjacent to an activating group) is 1. The second kappa shape index (κ2) is 10.6. The van der Waals surface area contributed by atoms with E-state index >= 15 is 0 Å². The van der Waals surface area contributed by atoms with Gasteiger partial charge in [-0.3, -0.25) is 9.59 Å². The molecule has 0 atom stereocenters. The Bertz CT molecular complexity index is 848. The average Bonchev–Trinajstić information content (AvgIpc) is 3.30. The first kappa shape index (κ1) is 21.6. The molecular formula is C23H29N3O4. The number of methoxy groups -OCH3 is 1. The molecule has 160 valence electrons. The molecule has 30 heavy (non-hydrogen) atoms. The third-order valence-electron chi connectivity index (χ3n) is 5.12. The summed E-state index contributed by atoms with van der Waals surface area (Å²) in [7, 11) is 3.40. The van der Waals surface area contributed by atoms with E-state index in [0.717, 1.165) is 19.6 Å².